The highest BCUT2D eigenvalue weighted by atomic mass is 16.7. The Morgan fingerprint density at radius 1 is 1.16 bits per heavy atom. The van der Waals surface area contributed by atoms with Gasteiger partial charge in [0.05, 0.1) is 18.3 Å². The van der Waals surface area contributed by atoms with E-state index in [0.29, 0.717) is 25.0 Å². The number of carbonyl (C=O) groups is 2. The van der Waals surface area contributed by atoms with Crippen molar-refractivity contribution in [1.29, 1.82) is 0 Å². The first kappa shape index (κ1) is 26.1. The third kappa shape index (κ3) is 9.14. The molecule has 5 unspecified atom stereocenters. The lowest BCUT2D eigenvalue weighted by molar-refractivity contribution is -0.252. The van der Waals surface area contributed by atoms with Crippen LogP contribution in [0.2, 0.25) is 0 Å². The average Bonchev–Trinajstić information content (AvgIpc) is 2.65. The topological polar surface area (TPSA) is 101 Å². The van der Waals surface area contributed by atoms with E-state index in [0.717, 1.165) is 12.0 Å². The summed E-state index contributed by atoms with van der Waals surface area (Å²) in [5.74, 6) is -0.00509. The normalized spacial score (nSPS) is 23.2. The first-order chi connectivity index (χ1) is 14.9. The number of ether oxygens (including phenoxy) is 5. The number of rotatable bonds is 8. The van der Waals surface area contributed by atoms with Gasteiger partial charge in [0.1, 0.15) is 17.5 Å². The Labute approximate surface area is 190 Å². The summed E-state index contributed by atoms with van der Waals surface area (Å²) in [6, 6.07) is 6.87. The maximum absolute atomic E-state index is 11.8. The second-order valence-corrected chi connectivity index (χ2v) is 9.17. The zero-order chi connectivity index (χ0) is 23.9. The highest BCUT2D eigenvalue weighted by Gasteiger charge is 2.32. The van der Waals surface area contributed by atoms with E-state index in [1.54, 1.807) is 52.0 Å². The molecule has 1 aromatic carbocycles. The molecule has 0 spiro atoms. The van der Waals surface area contributed by atoms with Gasteiger partial charge in [-0.05, 0) is 52.7 Å². The van der Waals surface area contributed by atoms with Crippen LogP contribution >= 0.6 is 0 Å². The Hall–Kier alpha value is -2.16. The third-order valence-electron chi connectivity index (χ3n) is 4.86. The Morgan fingerprint density at radius 2 is 1.78 bits per heavy atom. The standard InChI is InChI=1S/C24H36O8/c1-7-19-14-21(13-18(26)12-15(2)28-16(3)25)30-22(29-19)17-8-10-20(11-9-17)31-23(27)32-24(4,5)6/h8-11,15,18-19,21-22,26H,7,12-14H2,1-6H3. The molecule has 180 valence electrons. The summed E-state index contributed by atoms with van der Waals surface area (Å²) >= 11 is 0. The summed E-state index contributed by atoms with van der Waals surface area (Å²) in [7, 11) is 0. The van der Waals surface area contributed by atoms with Crippen molar-refractivity contribution in [3.8, 4) is 5.75 Å². The van der Waals surface area contributed by atoms with Crippen molar-refractivity contribution >= 4 is 12.1 Å². The van der Waals surface area contributed by atoms with Crippen LogP contribution in [-0.4, -0.2) is 47.2 Å². The van der Waals surface area contributed by atoms with Gasteiger partial charge in [-0.25, -0.2) is 4.79 Å². The van der Waals surface area contributed by atoms with Crippen LogP contribution in [-0.2, 0) is 23.7 Å². The number of hydrogen-bond acceptors (Lipinski definition) is 8. The van der Waals surface area contributed by atoms with E-state index in [2.05, 4.69) is 0 Å². The van der Waals surface area contributed by atoms with Gasteiger partial charge in [0.15, 0.2) is 6.29 Å². The molecule has 1 heterocycles. The van der Waals surface area contributed by atoms with Gasteiger partial charge in [0.2, 0.25) is 0 Å². The van der Waals surface area contributed by atoms with Crippen LogP contribution in [0.15, 0.2) is 24.3 Å². The van der Waals surface area contributed by atoms with E-state index >= 15 is 0 Å². The van der Waals surface area contributed by atoms with Gasteiger partial charge >= 0.3 is 12.1 Å². The molecule has 2 rings (SSSR count). The highest BCUT2D eigenvalue weighted by Crippen LogP contribution is 2.34. The van der Waals surface area contributed by atoms with E-state index < -0.39 is 24.2 Å². The monoisotopic (exact) mass is 452 g/mol. The van der Waals surface area contributed by atoms with Gasteiger partial charge in [-0.3, -0.25) is 4.79 Å². The molecule has 0 bridgehead atoms. The summed E-state index contributed by atoms with van der Waals surface area (Å²) in [5.41, 5.74) is 0.151. The minimum Gasteiger partial charge on any atom is -0.463 e. The van der Waals surface area contributed by atoms with Crippen molar-refractivity contribution in [1.82, 2.24) is 0 Å². The SMILES string of the molecule is CCC1CC(CC(O)CC(C)OC(C)=O)OC(c2ccc(OC(=O)OC(C)(C)C)cc2)O1. The molecule has 5 atom stereocenters. The largest absolute Gasteiger partial charge is 0.514 e. The Kier molecular flexibility index (Phi) is 9.48. The van der Waals surface area contributed by atoms with Crippen molar-refractivity contribution < 1.29 is 38.4 Å². The van der Waals surface area contributed by atoms with Crippen molar-refractivity contribution in [3.05, 3.63) is 29.8 Å². The van der Waals surface area contributed by atoms with Crippen LogP contribution in [0.5, 0.6) is 5.75 Å². The van der Waals surface area contributed by atoms with Gasteiger partial charge in [-0.2, -0.15) is 0 Å². The highest BCUT2D eigenvalue weighted by molar-refractivity contribution is 5.66. The molecule has 0 aromatic heterocycles. The van der Waals surface area contributed by atoms with Crippen molar-refractivity contribution in [2.45, 2.75) is 104 Å². The molecule has 1 aliphatic heterocycles. The predicted octanol–water partition coefficient (Wildman–Crippen LogP) is 4.68. The summed E-state index contributed by atoms with van der Waals surface area (Å²) in [6.07, 6.45) is -0.327. The number of hydrogen-bond donors (Lipinski definition) is 1. The van der Waals surface area contributed by atoms with Crippen molar-refractivity contribution in [2.75, 3.05) is 0 Å². The van der Waals surface area contributed by atoms with Crippen LogP contribution in [0.3, 0.4) is 0 Å². The second kappa shape index (κ2) is 11.6. The van der Waals surface area contributed by atoms with Crippen LogP contribution in [0, 0.1) is 0 Å². The molecular weight excluding hydrogens is 416 g/mol. The van der Waals surface area contributed by atoms with Gasteiger partial charge in [0, 0.05) is 25.3 Å². The first-order valence-electron chi connectivity index (χ1n) is 11.1. The summed E-state index contributed by atoms with van der Waals surface area (Å²) < 4.78 is 27.6. The maximum atomic E-state index is 11.8. The minimum atomic E-state index is -0.765. The van der Waals surface area contributed by atoms with E-state index in [1.165, 1.54) is 6.92 Å². The molecule has 1 aliphatic rings. The summed E-state index contributed by atoms with van der Waals surface area (Å²) in [6.45, 7) is 10.5. The lowest BCUT2D eigenvalue weighted by Gasteiger charge is -2.36. The molecule has 1 N–H and O–H groups in total. The molecular formula is C24H36O8. The Morgan fingerprint density at radius 3 is 2.34 bits per heavy atom. The number of benzene rings is 1. The zero-order valence-corrected chi connectivity index (χ0v) is 19.8. The van der Waals surface area contributed by atoms with Gasteiger partial charge < -0.3 is 28.8 Å². The summed E-state index contributed by atoms with van der Waals surface area (Å²) in [4.78, 5) is 22.9. The molecule has 8 nitrogen and oxygen atoms in total. The molecule has 1 fully saturated rings. The minimum absolute atomic E-state index is 0.00506. The van der Waals surface area contributed by atoms with Gasteiger partial charge in [-0.1, -0.05) is 19.1 Å². The summed E-state index contributed by atoms with van der Waals surface area (Å²) in [5, 5.41) is 10.4. The molecule has 1 aromatic rings. The second-order valence-electron chi connectivity index (χ2n) is 9.17. The fourth-order valence-corrected chi connectivity index (χ4v) is 3.53. The van der Waals surface area contributed by atoms with E-state index in [9.17, 15) is 14.7 Å². The Balaban J connectivity index is 1.96. The van der Waals surface area contributed by atoms with Gasteiger partial charge in [0.25, 0.3) is 0 Å². The van der Waals surface area contributed by atoms with E-state index in [1.807, 2.05) is 6.92 Å². The molecule has 32 heavy (non-hydrogen) atoms. The molecule has 1 saturated heterocycles. The fraction of sp³-hybridized carbons (Fsp3) is 0.667. The zero-order valence-electron chi connectivity index (χ0n) is 19.8. The lowest BCUT2D eigenvalue weighted by Crippen LogP contribution is -2.36. The molecule has 0 amide bonds. The smallest absolute Gasteiger partial charge is 0.463 e. The molecule has 0 radical (unpaired) electrons. The van der Waals surface area contributed by atoms with Crippen LogP contribution in [0.1, 0.15) is 79.1 Å². The molecule has 0 saturated carbocycles. The third-order valence-corrected chi connectivity index (χ3v) is 4.86. The molecule has 8 heteroatoms. The first-order valence-corrected chi connectivity index (χ1v) is 11.1. The maximum Gasteiger partial charge on any atom is 0.514 e. The number of esters is 1. The Bertz CT molecular complexity index is 739. The average molecular weight is 453 g/mol. The van der Waals surface area contributed by atoms with Gasteiger partial charge in [-0.15, -0.1) is 0 Å². The van der Waals surface area contributed by atoms with E-state index in [4.69, 9.17) is 23.7 Å². The van der Waals surface area contributed by atoms with Crippen molar-refractivity contribution in [3.63, 3.8) is 0 Å². The number of aliphatic hydroxyl groups is 1. The van der Waals surface area contributed by atoms with E-state index in [-0.39, 0.29) is 24.3 Å². The lowest BCUT2D eigenvalue weighted by atomic mass is 9.99. The fourth-order valence-electron chi connectivity index (χ4n) is 3.53. The number of aliphatic hydroxyl groups excluding tert-OH is 1. The number of carbonyl (C=O) groups excluding carboxylic acids is 2. The van der Waals surface area contributed by atoms with Crippen LogP contribution in [0.25, 0.3) is 0 Å². The van der Waals surface area contributed by atoms with Crippen molar-refractivity contribution in [2.24, 2.45) is 0 Å². The molecule has 0 aliphatic carbocycles. The van der Waals surface area contributed by atoms with Crippen LogP contribution in [0.4, 0.5) is 4.79 Å². The predicted molar refractivity (Wildman–Crippen MR) is 117 cm³/mol. The quantitative estimate of drug-likeness (QED) is 0.448. The van der Waals surface area contributed by atoms with Crippen LogP contribution < -0.4 is 4.74 Å².